The maximum absolute atomic E-state index is 5.40. The minimum absolute atomic E-state index is 0.825. The topological polar surface area (TPSA) is 43.4 Å². The Labute approximate surface area is 283 Å². The number of ether oxygens (including phenoxy) is 4. The summed E-state index contributed by atoms with van der Waals surface area (Å²) in [6.45, 7) is 0. The Hall–Kier alpha value is -5.88. The molecule has 0 fully saturated rings. The summed E-state index contributed by atoms with van der Waals surface area (Å²) in [5, 5.41) is 0. The van der Waals surface area contributed by atoms with Crippen LogP contribution in [0.2, 0.25) is 0 Å². The van der Waals surface area contributed by atoms with Gasteiger partial charge in [-0.25, -0.2) is 0 Å². The van der Waals surface area contributed by atoms with E-state index in [1.54, 1.807) is 28.4 Å². The van der Waals surface area contributed by atoms with Crippen LogP contribution in [0.25, 0.3) is 0 Å². The summed E-state index contributed by atoms with van der Waals surface area (Å²) >= 11 is 0. The van der Waals surface area contributed by atoms with Crippen LogP contribution in [0, 0.1) is 0 Å². The van der Waals surface area contributed by atoms with Gasteiger partial charge in [0.2, 0.25) is 0 Å². The average Bonchev–Trinajstić information content (AvgIpc) is 3.16. The summed E-state index contributed by atoms with van der Waals surface area (Å²) in [4.78, 5) is 4.47. The lowest BCUT2D eigenvalue weighted by Gasteiger charge is -2.26. The highest BCUT2D eigenvalue weighted by Gasteiger charge is 2.15. The number of hydrogen-bond donors (Lipinski definition) is 0. The molecule has 0 saturated heterocycles. The minimum Gasteiger partial charge on any atom is -0.497 e. The molecular weight excluding hydrogens is 596 g/mol. The Morgan fingerprint density at radius 3 is 0.667 bits per heavy atom. The van der Waals surface area contributed by atoms with Gasteiger partial charge in [0.05, 0.1) is 28.4 Å². The summed E-state index contributed by atoms with van der Waals surface area (Å²) in [7, 11) is 6.73. The Kier molecular flexibility index (Phi) is 10.1. The van der Waals surface area contributed by atoms with Crippen LogP contribution in [0.3, 0.4) is 0 Å². The maximum Gasteiger partial charge on any atom is 0.119 e. The number of aryl methyl sites for hydroxylation is 2. The zero-order chi connectivity index (χ0) is 33.3. The maximum atomic E-state index is 5.40. The SMILES string of the molecule is COc1ccc(N(c2ccc(CCc3ccc(N(c4ccc(OC)cc4)c4ccc(OC)cc4)cc3)cc2)c2ccc(OC)cc2)cc1. The molecule has 0 spiro atoms. The van der Waals surface area contributed by atoms with Gasteiger partial charge in [0.25, 0.3) is 0 Å². The molecule has 6 heteroatoms. The zero-order valence-electron chi connectivity index (χ0n) is 27.8. The van der Waals surface area contributed by atoms with Gasteiger partial charge in [0, 0.05) is 34.1 Å². The van der Waals surface area contributed by atoms with Crippen LogP contribution in [0.5, 0.6) is 23.0 Å². The van der Waals surface area contributed by atoms with E-state index in [1.807, 2.05) is 48.5 Å². The third-order valence-corrected chi connectivity index (χ3v) is 8.41. The molecule has 0 aliphatic heterocycles. The van der Waals surface area contributed by atoms with Gasteiger partial charge < -0.3 is 28.7 Å². The van der Waals surface area contributed by atoms with Crippen molar-refractivity contribution in [2.45, 2.75) is 12.8 Å². The molecule has 0 bridgehead atoms. The molecule has 0 N–H and O–H groups in total. The molecule has 6 rings (SSSR count). The first-order valence-electron chi connectivity index (χ1n) is 15.9. The third-order valence-electron chi connectivity index (χ3n) is 8.41. The minimum atomic E-state index is 0.825. The van der Waals surface area contributed by atoms with Crippen LogP contribution in [-0.4, -0.2) is 28.4 Å². The largest absolute Gasteiger partial charge is 0.497 e. The van der Waals surface area contributed by atoms with Crippen LogP contribution < -0.4 is 28.7 Å². The molecule has 0 atom stereocenters. The van der Waals surface area contributed by atoms with E-state index in [-0.39, 0.29) is 0 Å². The summed E-state index contributed by atoms with van der Waals surface area (Å²) in [6.07, 6.45) is 1.87. The second kappa shape index (κ2) is 15.1. The lowest BCUT2D eigenvalue weighted by molar-refractivity contribution is 0.414. The fraction of sp³-hybridized carbons (Fsp3) is 0.143. The van der Waals surface area contributed by atoms with Crippen LogP contribution in [0.1, 0.15) is 11.1 Å². The molecule has 6 aromatic rings. The van der Waals surface area contributed by atoms with Gasteiger partial charge in [0.15, 0.2) is 0 Å². The van der Waals surface area contributed by atoms with Crippen LogP contribution in [0.4, 0.5) is 34.1 Å². The second-order valence-corrected chi connectivity index (χ2v) is 11.3. The van der Waals surface area contributed by atoms with E-state index in [9.17, 15) is 0 Å². The quantitative estimate of drug-likeness (QED) is 0.126. The fourth-order valence-electron chi connectivity index (χ4n) is 5.73. The normalized spacial score (nSPS) is 10.7. The van der Waals surface area contributed by atoms with Crippen molar-refractivity contribution >= 4 is 34.1 Å². The molecule has 0 heterocycles. The highest BCUT2D eigenvalue weighted by Crippen LogP contribution is 2.38. The van der Waals surface area contributed by atoms with E-state index in [0.29, 0.717) is 0 Å². The first-order valence-corrected chi connectivity index (χ1v) is 15.9. The molecule has 0 radical (unpaired) electrons. The summed E-state index contributed by atoms with van der Waals surface area (Å²) in [5.74, 6) is 3.30. The molecule has 242 valence electrons. The predicted octanol–water partition coefficient (Wildman–Crippen LogP) is 10.4. The van der Waals surface area contributed by atoms with Gasteiger partial charge in [-0.3, -0.25) is 0 Å². The average molecular weight is 637 g/mol. The standard InChI is InChI=1S/C42H40N2O4/c1-45-39-23-15-35(16-24-39)43(36-17-25-40(46-2)26-18-36)33-11-7-31(8-12-33)5-6-32-9-13-34(14-10-32)44(37-19-27-41(47-3)28-20-37)38-21-29-42(48-4)30-22-38/h7-30H,5-6H2,1-4H3. The van der Waals surface area contributed by atoms with Gasteiger partial charge in [-0.2, -0.15) is 0 Å². The molecule has 6 aromatic carbocycles. The third kappa shape index (κ3) is 7.39. The van der Waals surface area contributed by atoms with E-state index in [1.165, 1.54) is 11.1 Å². The Bertz CT molecular complexity index is 1630. The zero-order valence-corrected chi connectivity index (χ0v) is 27.8. The molecule has 0 aliphatic rings. The Morgan fingerprint density at radius 1 is 0.292 bits per heavy atom. The summed E-state index contributed by atoms with van der Waals surface area (Å²) < 4.78 is 21.6. The van der Waals surface area contributed by atoms with Gasteiger partial charge >= 0.3 is 0 Å². The summed E-state index contributed by atoms with van der Waals surface area (Å²) in [6, 6.07) is 50.1. The van der Waals surface area contributed by atoms with Gasteiger partial charge in [0.1, 0.15) is 23.0 Å². The van der Waals surface area contributed by atoms with Gasteiger partial charge in [-0.1, -0.05) is 24.3 Å². The number of methoxy groups -OCH3 is 4. The van der Waals surface area contributed by atoms with E-state index >= 15 is 0 Å². The van der Waals surface area contributed by atoms with Crippen LogP contribution >= 0.6 is 0 Å². The number of anilines is 6. The van der Waals surface area contributed by atoms with Crippen molar-refractivity contribution in [2.75, 3.05) is 38.2 Å². The van der Waals surface area contributed by atoms with Crippen LogP contribution in [-0.2, 0) is 12.8 Å². The Balaban J connectivity index is 1.19. The number of hydrogen-bond acceptors (Lipinski definition) is 6. The van der Waals surface area contributed by atoms with Crippen molar-refractivity contribution in [2.24, 2.45) is 0 Å². The van der Waals surface area contributed by atoms with Gasteiger partial charge in [-0.15, -0.1) is 0 Å². The number of nitrogens with zero attached hydrogens (tertiary/aromatic N) is 2. The van der Waals surface area contributed by atoms with Crippen molar-refractivity contribution in [3.63, 3.8) is 0 Å². The molecule has 0 aliphatic carbocycles. The predicted molar refractivity (Wildman–Crippen MR) is 196 cm³/mol. The van der Waals surface area contributed by atoms with Gasteiger partial charge in [-0.05, 0) is 145 Å². The molecule has 0 aromatic heterocycles. The second-order valence-electron chi connectivity index (χ2n) is 11.3. The lowest BCUT2D eigenvalue weighted by atomic mass is 10.0. The fourth-order valence-corrected chi connectivity index (χ4v) is 5.73. The Morgan fingerprint density at radius 2 is 0.479 bits per heavy atom. The molecule has 6 nitrogen and oxygen atoms in total. The first kappa shape index (κ1) is 32.1. The van der Waals surface area contributed by atoms with E-state index < -0.39 is 0 Å². The van der Waals surface area contributed by atoms with E-state index in [0.717, 1.165) is 70.0 Å². The van der Waals surface area contributed by atoms with Crippen molar-refractivity contribution in [1.29, 1.82) is 0 Å². The number of benzene rings is 6. The van der Waals surface area contributed by atoms with Crippen molar-refractivity contribution in [3.8, 4) is 23.0 Å². The van der Waals surface area contributed by atoms with Crippen LogP contribution in [0.15, 0.2) is 146 Å². The van der Waals surface area contributed by atoms with E-state index in [2.05, 4.69) is 107 Å². The molecule has 48 heavy (non-hydrogen) atoms. The lowest BCUT2D eigenvalue weighted by Crippen LogP contribution is -2.10. The van der Waals surface area contributed by atoms with Crippen molar-refractivity contribution in [3.05, 3.63) is 157 Å². The summed E-state index contributed by atoms with van der Waals surface area (Å²) in [5.41, 5.74) is 8.92. The molecular formula is C42H40N2O4. The smallest absolute Gasteiger partial charge is 0.119 e. The molecule has 0 amide bonds. The van der Waals surface area contributed by atoms with Crippen molar-refractivity contribution in [1.82, 2.24) is 0 Å². The monoisotopic (exact) mass is 636 g/mol. The highest BCUT2D eigenvalue weighted by molar-refractivity contribution is 5.78. The molecule has 0 unspecified atom stereocenters. The van der Waals surface area contributed by atoms with E-state index in [4.69, 9.17) is 18.9 Å². The number of rotatable bonds is 13. The first-order chi connectivity index (χ1) is 23.6. The molecule has 0 saturated carbocycles. The highest BCUT2D eigenvalue weighted by atomic mass is 16.5. The van der Waals surface area contributed by atoms with Crippen molar-refractivity contribution < 1.29 is 18.9 Å².